The molecule has 0 saturated heterocycles. The number of aliphatic hydroxyl groups excluding tert-OH is 1. The molecule has 0 bridgehead atoms. The molecule has 106 valence electrons. The van der Waals surface area contributed by atoms with Gasteiger partial charge in [0, 0.05) is 13.1 Å². The average molecular weight is 267 g/mol. The smallest absolute Gasteiger partial charge is 0.226 e. The van der Waals surface area contributed by atoms with Gasteiger partial charge in [0.25, 0.3) is 0 Å². The molecule has 0 unspecified atom stereocenters. The fourth-order valence-electron chi connectivity index (χ4n) is 1.67. The van der Waals surface area contributed by atoms with Gasteiger partial charge in [-0.15, -0.1) is 0 Å². The second-order valence-electron chi connectivity index (χ2n) is 3.97. The van der Waals surface area contributed by atoms with Gasteiger partial charge in [0.15, 0.2) is 0 Å². The van der Waals surface area contributed by atoms with Crippen LogP contribution >= 0.6 is 0 Å². The quantitative estimate of drug-likeness (QED) is 0.771. The first-order valence-electron chi connectivity index (χ1n) is 6.36. The molecule has 0 fully saturated rings. The lowest BCUT2D eigenvalue weighted by Crippen LogP contribution is -2.34. The molecule has 5 heteroatoms. The predicted octanol–water partition coefficient (Wildman–Crippen LogP) is 1.30. The molecule has 0 saturated carbocycles. The van der Waals surface area contributed by atoms with Crippen LogP contribution in [0.4, 0.5) is 0 Å². The van der Waals surface area contributed by atoms with Crippen LogP contribution < -0.4 is 9.47 Å². The molecule has 19 heavy (non-hydrogen) atoms. The number of ether oxygens (including phenoxy) is 2. The summed E-state index contributed by atoms with van der Waals surface area (Å²) in [6.45, 7) is 3.17. The number of rotatable bonds is 8. The summed E-state index contributed by atoms with van der Waals surface area (Å²) in [4.78, 5) is 13.4. The molecular weight excluding hydrogens is 246 g/mol. The van der Waals surface area contributed by atoms with Gasteiger partial charge in [-0.3, -0.25) is 4.79 Å². The molecule has 0 aliphatic heterocycles. The maximum absolute atomic E-state index is 11.8. The number of carbonyl (C=O) groups is 1. The third-order valence-electron chi connectivity index (χ3n) is 2.75. The van der Waals surface area contributed by atoms with Crippen molar-refractivity contribution in [3.8, 4) is 11.5 Å². The minimum Gasteiger partial charge on any atom is -0.497 e. The van der Waals surface area contributed by atoms with Gasteiger partial charge in [0.1, 0.15) is 11.5 Å². The molecule has 1 rings (SSSR count). The minimum absolute atomic E-state index is 0.00920. The lowest BCUT2D eigenvalue weighted by molar-refractivity contribution is -0.132. The summed E-state index contributed by atoms with van der Waals surface area (Å²) in [7, 11) is 1.61. The van der Waals surface area contributed by atoms with Crippen molar-refractivity contribution in [2.75, 3.05) is 33.4 Å². The molecule has 0 atom stereocenters. The van der Waals surface area contributed by atoms with E-state index in [0.29, 0.717) is 31.9 Å². The van der Waals surface area contributed by atoms with Crippen LogP contribution in [0.3, 0.4) is 0 Å². The Kier molecular flexibility index (Phi) is 6.74. The largest absolute Gasteiger partial charge is 0.497 e. The van der Waals surface area contributed by atoms with E-state index in [2.05, 4.69) is 0 Å². The van der Waals surface area contributed by atoms with Gasteiger partial charge in [0.05, 0.1) is 26.7 Å². The van der Waals surface area contributed by atoms with Gasteiger partial charge in [0.2, 0.25) is 5.91 Å². The van der Waals surface area contributed by atoms with E-state index < -0.39 is 0 Å². The van der Waals surface area contributed by atoms with Crippen LogP contribution in [0.25, 0.3) is 0 Å². The van der Waals surface area contributed by atoms with E-state index >= 15 is 0 Å². The number of hydrogen-bond donors (Lipinski definition) is 1. The zero-order chi connectivity index (χ0) is 14.1. The van der Waals surface area contributed by atoms with Crippen molar-refractivity contribution in [2.45, 2.75) is 13.3 Å². The van der Waals surface area contributed by atoms with E-state index in [9.17, 15) is 4.79 Å². The third-order valence-corrected chi connectivity index (χ3v) is 2.75. The average Bonchev–Trinajstić information content (AvgIpc) is 2.45. The summed E-state index contributed by atoms with van der Waals surface area (Å²) >= 11 is 0. The van der Waals surface area contributed by atoms with Crippen molar-refractivity contribution in [3.05, 3.63) is 24.3 Å². The Morgan fingerprint density at radius 2 is 1.89 bits per heavy atom. The van der Waals surface area contributed by atoms with Crippen LogP contribution in [0.5, 0.6) is 11.5 Å². The van der Waals surface area contributed by atoms with Crippen molar-refractivity contribution >= 4 is 5.91 Å². The monoisotopic (exact) mass is 267 g/mol. The number of amides is 1. The molecular formula is C14H21NO4. The van der Waals surface area contributed by atoms with Crippen LogP contribution in [0.1, 0.15) is 13.3 Å². The molecule has 1 aromatic rings. The normalized spacial score (nSPS) is 10.1. The van der Waals surface area contributed by atoms with Crippen molar-refractivity contribution in [1.82, 2.24) is 4.90 Å². The summed E-state index contributed by atoms with van der Waals surface area (Å²) in [5.41, 5.74) is 0. The lowest BCUT2D eigenvalue weighted by atomic mass is 10.3. The number of benzene rings is 1. The Labute approximate surface area is 113 Å². The molecule has 0 aliphatic rings. The van der Waals surface area contributed by atoms with Crippen molar-refractivity contribution in [1.29, 1.82) is 0 Å². The topological polar surface area (TPSA) is 59.0 Å². The van der Waals surface area contributed by atoms with Gasteiger partial charge < -0.3 is 19.5 Å². The number of nitrogens with zero attached hydrogens (tertiary/aromatic N) is 1. The first-order valence-corrected chi connectivity index (χ1v) is 6.36. The summed E-state index contributed by atoms with van der Waals surface area (Å²) in [6, 6.07) is 7.21. The number of methoxy groups -OCH3 is 1. The van der Waals surface area contributed by atoms with Gasteiger partial charge in [-0.1, -0.05) is 0 Å². The molecule has 0 spiro atoms. The van der Waals surface area contributed by atoms with Crippen molar-refractivity contribution < 1.29 is 19.4 Å². The van der Waals surface area contributed by atoms with E-state index in [1.165, 1.54) is 0 Å². The van der Waals surface area contributed by atoms with E-state index in [0.717, 1.165) is 5.75 Å². The highest BCUT2D eigenvalue weighted by atomic mass is 16.5. The SMILES string of the molecule is CCN(CCO)C(=O)CCOc1ccc(OC)cc1. The second-order valence-corrected chi connectivity index (χ2v) is 3.97. The third kappa shape index (κ3) is 5.18. The molecule has 1 aromatic carbocycles. The highest BCUT2D eigenvalue weighted by Gasteiger charge is 2.10. The predicted molar refractivity (Wildman–Crippen MR) is 72.4 cm³/mol. The Balaban J connectivity index is 2.34. The van der Waals surface area contributed by atoms with Crippen LogP contribution in [-0.2, 0) is 4.79 Å². The Hall–Kier alpha value is -1.75. The highest BCUT2D eigenvalue weighted by molar-refractivity contribution is 5.76. The van der Waals surface area contributed by atoms with E-state index in [1.807, 2.05) is 6.92 Å². The summed E-state index contributed by atoms with van der Waals surface area (Å²) in [5, 5.41) is 8.83. The van der Waals surface area contributed by atoms with Crippen molar-refractivity contribution in [2.24, 2.45) is 0 Å². The van der Waals surface area contributed by atoms with Gasteiger partial charge >= 0.3 is 0 Å². The van der Waals surface area contributed by atoms with E-state index in [-0.39, 0.29) is 12.5 Å². The maximum atomic E-state index is 11.8. The lowest BCUT2D eigenvalue weighted by Gasteiger charge is -2.19. The zero-order valence-electron chi connectivity index (χ0n) is 11.5. The maximum Gasteiger partial charge on any atom is 0.226 e. The summed E-state index contributed by atoms with van der Waals surface area (Å²) in [6.07, 6.45) is 0.305. The van der Waals surface area contributed by atoms with Crippen LogP contribution in [0.15, 0.2) is 24.3 Å². The number of carbonyl (C=O) groups excluding carboxylic acids is 1. The summed E-state index contributed by atoms with van der Waals surface area (Å²) < 4.78 is 10.5. The number of aliphatic hydroxyl groups is 1. The molecule has 5 nitrogen and oxygen atoms in total. The number of likely N-dealkylation sites (N-methyl/N-ethyl adjacent to an activating group) is 1. The standard InChI is InChI=1S/C14H21NO4/c1-3-15(9-10-16)14(17)8-11-19-13-6-4-12(18-2)5-7-13/h4-7,16H,3,8-11H2,1-2H3. The number of hydrogen-bond acceptors (Lipinski definition) is 4. The van der Waals surface area contributed by atoms with E-state index in [1.54, 1.807) is 36.3 Å². The first kappa shape index (κ1) is 15.3. The second kappa shape index (κ2) is 8.37. The molecule has 1 amide bonds. The van der Waals surface area contributed by atoms with Gasteiger partial charge in [-0.2, -0.15) is 0 Å². The minimum atomic E-state index is -0.0150. The molecule has 0 radical (unpaired) electrons. The highest BCUT2D eigenvalue weighted by Crippen LogP contribution is 2.17. The zero-order valence-corrected chi connectivity index (χ0v) is 11.5. The van der Waals surface area contributed by atoms with Crippen LogP contribution in [0, 0.1) is 0 Å². The molecule has 0 heterocycles. The van der Waals surface area contributed by atoms with Gasteiger partial charge in [-0.25, -0.2) is 0 Å². The van der Waals surface area contributed by atoms with Crippen molar-refractivity contribution in [3.63, 3.8) is 0 Å². The Morgan fingerprint density at radius 3 is 2.42 bits per heavy atom. The fourth-order valence-corrected chi connectivity index (χ4v) is 1.67. The van der Waals surface area contributed by atoms with E-state index in [4.69, 9.17) is 14.6 Å². The van der Waals surface area contributed by atoms with Gasteiger partial charge in [-0.05, 0) is 31.2 Å². The Bertz CT molecular complexity index is 378. The first-order chi connectivity index (χ1) is 9.21. The summed E-state index contributed by atoms with van der Waals surface area (Å²) in [5.74, 6) is 1.47. The fraction of sp³-hybridized carbons (Fsp3) is 0.500. The molecule has 1 N–H and O–H groups in total. The van der Waals surface area contributed by atoms with Crippen LogP contribution in [0.2, 0.25) is 0 Å². The van der Waals surface area contributed by atoms with Crippen LogP contribution in [-0.4, -0.2) is 49.3 Å². The molecule has 0 aliphatic carbocycles. The Morgan fingerprint density at radius 1 is 1.26 bits per heavy atom. The molecule has 0 aromatic heterocycles.